The molecule has 0 amide bonds. The first-order valence-electron chi connectivity index (χ1n) is 8.11. The summed E-state index contributed by atoms with van der Waals surface area (Å²) in [7, 11) is 1.62. The number of nitrogens with zero attached hydrogens (tertiary/aromatic N) is 3. The lowest BCUT2D eigenvalue weighted by atomic mass is 10.1. The minimum Gasteiger partial charge on any atom is -0.496 e. The smallest absolute Gasteiger partial charge is 0.216 e. The number of aryl methyl sites for hydroxylation is 2. The van der Waals surface area contributed by atoms with E-state index in [1.807, 2.05) is 50.2 Å². The van der Waals surface area contributed by atoms with Crippen LogP contribution in [0.15, 0.2) is 47.6 Å². The number of hydrogen-bond acceptors (Lipinski definition) is 5. The van der Waals surface area contributed by atoms with E-state index >= 15 is 0 Å². The van der Waals surface area contributed by atoms with Gasteiger partial charge in [0, 0.05) is 5.56 Å². The maximum Gasteiger partial charge on any atom is 0.216 e. The van der Waals surface area contributed by atoms with E-state index in [9.17, 15) is 0 Å². The van der Waals surface area contributed by atoms with Crippen molar-refractivity contribution in [2.45, 2.75) is 20.5 Å². The Kier molecular flexibility index (Phi) is 5.48. The van der Waals surface area contributed by atoms with E-state index in [1.165, 1.54) is 0 Å². The van der Waals surface area contributed by atoms with Crippen LogP contribution in [0, 0.1) is 18.6 Å². The Balaban J connectivity index is 1.80. The summed E-state index contributed by atoms with van der Waals surface area (Å²) in [6, 6.07) is 13.7. The highest BCUT2D eigenvalue weighted by Gasteiger charge is 2.07. The molecule has 0 radical (unpaired) electrons. The summed E-state index contributed by atoms with van der Waals surface area (Å²) in [4.78, 5) is 0. The molecule has 26 heavy (non-hydrogen) atoms. The molecule has 0 aliphatic carbocycles. The minimum atomic E-state index is 0.249. The van der Waals surface area contributed by atoms with Crippen LogP contribution >= 0.6 is 12.2 Å². The number of H-pyrrole nitrogens is 1. The zero-order chi connectivity index (χ0) is 18.5. The number of aromatic amines is 1. The Bertz CT molecular complexity index is 971. The Morgan fingerprint density at radius 1 is 1.19 bits per heavy atom. The molecular formula is C19H20N4O2S. The summed E-state index contributed by atoms with van der Waals surface area (Å²) >= 11 is 5.27. The number of nitrogens with one attached hydrogen (secondary N) is 1. The molecule has 0 aliphatic rings. The molecule has 1 aromatic heterocycles. The average Bonchev–Trinajstić information content (AvgIpc) is 2.97. The van der Waals surface area contributed by atoms with Crippen molar-refractivity contribution in [3.63, 3.8) is 0 Å². The molecule has 0 fully saturated rings. The highest BCUT2D eigenvalue weighted by Crippen LogP contribution is 2.18. The predicted molar refractivity (Wildman–Crippen MR) is 104 cm³/mol. The lowest BCUT2D eigenvalue weighted by Gasteiger charge is -2.08. The molecular weight excluding hydrogens is 348 g/mol. The second-order valence-corrected chi connectivity index (χ2v) is 6.24. The zero-order valence-corrected chi connectivity index (χ0v) is 15.7. The normalized spacial score (nSPS) is 11.0. The summed E-state index contributed by atoms with van der Waals surface area (Å²) in [6.45, 7) is 4.32. The van der Waals surface area contributed by atoms with Gasteiger partial charge in [0.15, 0.2) is 5.82 Å². The standard InChI is InChI=1S/C19H20N4O2S/c1-13-8-14(2)10-16(9-13)25-12-18-21-22-19(26)23(18)20-11-15-6-4-5-7-17(15)24-3/h4-11H,12H2,1-3H3,(H,22,26)/b20-11-. The number of ether oxygens (including phenoxy) is 2. The summed E-state index contributed by atoms with van der Waals surface area (Å²) in [5, 5.41) is 11.4. The number of hydrogen-bond donors (Lipinski definition) is 1. The van der Waals surface area contributed by atoms with Crippen molar-refractivity contribution in [2.75, 3.05) is 7.11 Å². The van der Waals surface area contributed by atoms with Crippen LogP contribution in [0.2, 0.25) is 0 Å². The number of methoxy groups -OCH3 is 1. The molecule has 7 heteroatoms. The third kappa shape index (κ3) is 4.18. The topological polar surface area (TPSA) is 64.4 Å². The van der Waals surface area contributed by atoms with Crippen molar-refractivity contribution in [1.82, 2.24) is 14.9 Å². The van der Waals surface area contributed by atoms with Gasteiger partial charge in [0.2, 0.25) is 4.77 Å². The van der Waals surface area contributed by atoms with Crippen LogP contribution in [-0.4, -0.2) is 28.2 Å². The van der Waals surface area contributed by atoms with Crippen LogP contribution < -0.4 is 9.47 Å². The molecule has 0 spiro atoms. The largest absolute Gasteiger partial charge is 0.496 e. The van der Waals surface area contributed by atoms with E-state index in [0.717, 1.165) is 28.2 Å². The SMILES string of the molecule is COc1ccccc1/C=N\n1c(COc2cc(C)cc(C)c2)n[nH]c1=S. The van der Waals surface area contributed by atoms with Gasteiger partial charge >= 0.3 is 0 Å². The van der Waals surface area contributed by atoms with Crippen molar-refractivity contribution in [2.24, 2.45) is 5.10 Å². The summed E-state index contributed by atoms with van der Waals surface area (Å²) in [5.41, 5.74) is 3.14. The molecule has 0 bridgehead atoms. The van der Waals surface area contributed by atoms with Gasteiger partial charge in [-0.25, -0.2) is 5.10 Å². The minimum absolute atomic E-state index is 0.249. The summed E-state index contributed by atoms with van der Waals surface area (Å²) in [5.74, 6) is 2.11. The van der Waals surface area contributed by atoms with Crippen molar-refractivity contribution < 1.29 is 9.47 Å². The van der Waals surface area contributed by atoms with Gasteiger partial charge < -0.3 is 9.47 Å². The van der Waals surface area contributed by atoms with Crippen LogP contribution in [0.25, 0.3) is 0 Å². The number of rotatable bonds is 6. The molecule has 0 aliphatic heterocycles. The van der Waals surface area contributed by atoms with Crippen molar-refractivity contribution in [3.05, 3.63) is 69.8 Å². The summed E-state index contributed by atoms with van der Waals surface area (Å²) < 4.78 is 13.1. The van der Waals surface area contributed by atoms with Crippen molar-refractivity contribution >= 4 is 18.4 Å². The molecule has 0 atom stereocenters. The van der Waals surface area contributed by atoms with Gasteiger partial charge in [-0.1, -0.05) is 18.2 Å². The molecule has 1 heterocycles. The Labute approximate surface area is 157 Å². The van der Waals surface area contributed by atoms with Gasteiger partial charge in [-0.2, -0.15) is 14.9 Å². The van der Waals surface area contributed by atoms with Gasteiger partial charge in [-0.05, 0) is 61.5 Å². The van der Waals surface area contributed by atoms with Crippen molar-refractivity contribution in [3.8, 4) is 11.5 Å². The lowest BCUT2D eigenvalue weighted by Crippen LogP contribution is -2.04. The van der Waals surface area contributed by atoms with Crippen LogP contribution in [0.3, 0.4) is 0 Å². The van der Waals surface area contributed by atoms with Gasteiger partial charge in [0.25, 0.3) is 0 Å². The molecule has 1 N–H and O–H groups in total. The van der Waals surface area contributed by atoms with E-state index < -0.39 is 0 Å². The molecule has 134 valence electrons. The highest BCUT2D eigenvalue weighted by atomic mass is 32.1. The van der Waals surface area contributed by atoms with Gasteiger partial charge in [-0.15, -0.1) is 0 Å². The second kappa shape index (κ2) is 7.97. The predicted octanol–water partition coefficient (Wildman–Crippen LogP) is 4.03. The van der Waals surface area contributed by atoms with Gasteiger partial charge in [-0.3, -0.25) is 0 Å². The molecule has 3 rings (SSSR count). The molecule has 2 aromatic carbocycles. The Morgan fingerprint density at radius 3 is 2.65 bits per heavy atom. The first-order valence-corrected chi connectivity index (χ1v) is 8.52. The fraction of sp³-hybridized carbons (Fsp3) is 0.211. The molecule has 0 saturated heterocycles. The average molecular weight is 368 g/mol. The highest BCUT2D eigenvalue weighted by molar-refractivity contribution is 7.71. The Hall–Kier alpha value is -2.93. The van der Waals surface area contributed by atoms with E-state index in [0.29, 0.717) is 10.6 Å². The Morgan fingerprint density at radius 2 is 1.92 bits per heavy atom. The monoisotopic (exact) mass is 368 g/mol. The fourth-order valence-electron chi connectivity index (χ4n) is 2.59. The zero-order valence-electron chi connectivity index (χ0n) is 14.9. The number of aromatic nitrogens is 3. The molecule has 0 saturated carbocycles. The first kappa shape index (κ1) is 17.9. The third-order valence-corrected chi connectivity index (χ3v) is 4.00. The molecule has 3 aromatic rings. The fourth-order valence-corrected chi connectivity index (χ4v) is 2.79. The van der Waals surface area contributed by atoms with Gasteiger partial charge in [0.1, 0.15) is 18.1 Å². The van der Waals surface area contributed by atoms with Crippen LogP contribution in [-0.2, 0) is 6.61 Å². The van der Waals surface area contributed by atoms with E-state index in [4.69, 9.17) is 21.7 Å². The van der Waals surface area contributed by atoms with Crippen LogP contribution in [0.4, 0.5) is 0 Å². The van der Waals surface area contributed by atoms with E-state index in [1.54, 1.807) is 18.0 Å². The lowest BCUT2D eigenvalue weighted by molar-refractivity contribution is 0.290. The van der Waals surface area contributed by atoms with E-state index in [2.05, 4.69) is 21.4 Å². The second-order valence-electron chi connectivity index (χ2n) is 5.86. The summed E-state index contributed by atoms with van der Waals surface area (Å²) in [6.07, 6.45) is 1.68. The number of para-hydroxylation sites is 1. The maximum atomic E-state index is 5.86. The van der Waals surface area contributed by atoms with Gasteiger partial charge in [0.05, 0.1) is 13.3 Å². The number of benzene rings is 2. The van der Waals surface area contributed by atoms with Crippen LogP contribution in [0.1, 0.15) is 22.5 Å². The van der Waals surface area contributed by atoms with Crippen molar-refractivity contribution in [1.29, 1.82) is 0 Å². The first-order chi connectivity index (χ1) is 12.6. The maximum absolute atomic E-state index is 5.86. The van der Waals surface area contributed by atoms with E-state index in [-0.39, 0.29) is 6.61 Å². The van der Waals surface area contributed by atoms with Crippen LogP contribution in [0.5, 0.6) is 11.5 Å². The molecule has 0 unspecified atom stereocenters. The third-order valence-electron chi connectivity index (χ3n) is 3.73. The molecule has 6 nitrogen and oxygen atoms in total. The quantitative estimate of drug-likeness (QED) is 0.527.